The summed E-state index contributed by atoms with van der Waals surface area (Å²) < 4.78 is 5.60. The largest absolute Gasteiger partial charge is 0.478 e. The number of carboxylic acid groups (broad SMARTS) is 1. The van der Waals surface area contributed by atoms with Gasteiger partial charge < -0.3 is 21.0 Å². The molecule has 20 heavy (non-hydrogen) atoms. The Morgan fingerprint density at radius 3 is 2.40 bits per heavy atom. The molecule has 6 heteroatoms. The number of fused-ring (bicyclic) bond motifs is 1. The Hall–Kier alpha value is -3.02. The van der Waals surface area contributed by atoms with E-state index in [9.17, 15) is 4.79 Å². The molecule has 0 radical (unpaired) electrons. The molecule has 1 heterocycles. The topological polar surface area (TPSA) is 115 Å². The Bertz CT molecular complexity index is 767. The number of aromatic nitrogens is 1. The van der Waals surface area contributed by atoms with Gasteiger partial charge in [-0.15, -0.1) is 0 Å². The van der Waals surface area contributed by atoms with Crippen LogP contribution in [0.4, 0.5) is 11.4 Å². The lowest BCUT2D eigenvalue weighted by Crippen LogP contribution is -1.94. The van der Waals surface area contributed by atoms with Gasteiger partial charge in [0.15, 0.2) is 5.58 Å². The third-order valence-corrected chi connectivity index (χ3v) is 2.97. The molecule has 1 aromatic heterocycles. The number of anilines is 2. The molecule has 100 valence electrons. The number of hydrogen-bond acceptors (Lipinski definition) is 5. The van der Waals surface area contributed by atoms with E-state index in [2.05, 4.69) is 4.98 Å². The van der Waals surface area contributed by atoms with E-state index in [0.717, 1.165) is 0 Å². The van der Waals surface area contributed by atoms with Crippen LogP contribution >= 0.6 is 0 Å². The molecule has 0 amide bonds. The van der Waals surface area contributed by atoms with Crippen LogP contribution in [0.15, 0.2) is 40.8 Å². The van der Waals surface area contributed by atoms with Crippen molar-refractivity contribution in [1.82, 2.24) is 4.98 Å². The fourth-order valence-corrected chi connectivity index (χ4v) is 1.88. The Balaban J connectivity index is 2.07. The number of nitrogens with two attached hydrogens (primary N) is 2. The first-order valence-corrected chi connectivity index (χ1v) is 5.84. The predicted octanol–water partition coefficient (Wildman–Crippen LogP) is 2.36. The van der Waals surface area contributed by atoms with Gasteiger partial charge in [-0.05, 0) is 30.3 Å². The number of carbonyl (C=O) groups is 1. The van der Waals surface area contributed by atoms with Crippen molar-refractivity contribution in [3.05, 3.63) is 42.0 Å². The molecule has 0 bridgehead atoms. The fourth-order valence-electron chi connectivity index (χ4n) is 1.88. The molecule has 0 saturated heterocycles. The molecule has 0 fully saturated rings. The van der Waals surface area contributed by atoms with E-state index in [1.54, 1.807) is 24.3 Å². The number of aromatic carboxylic acids is 1. The van der Waals surface area contributed by atoms with Crippen LogP contribution in [0.25, 0.3) is 22.6 Å². The van der Waals surface area contributed by atoms with Crippen LogP contribution in [0.2, 0.25) is 0 Å². The molecular weight excluding hydrogens is 258 g/mol. The van der Waals surface area contributed by atoms with E-state index in [1.807, 2.05) is 0 Å². The summed E-state index contributed by atoms with van der Waals surface area (Å²) in [5, 5.41) is 8.85. The van der Waals surface area contributed by atoms with Gasteiger partial charge in [-0.25, -0.2) is 9.78 Å². The van der Waals surface area contributed by atoms with Crippen molar-refractivity contribution in [2.45, 2.75) is 0 Å². The van der Waals surface area contributed by atoms with Gasteiger partial charge in [0.05, 0.1) is 16.9 Å². The first kappa shape index (κ1) is 12.0. The van der Waals surface area contributed by atoms with Crippen LogP contribution in [0.1, 0.15) is 10.4 Å². The quantitative estimate of drug-likeness (QED) is 0.615. The maximum atomic E-state index is 10.8. The van der Waals surface area contributed by atoms with E-state index in [1.165, 1.54) is 12.1 Å². The number of nitrogens with zero attached hydrogens (tertiary/aromatic N) is 1. The van der Waals surface area contributed by atoms with Gasteiger partial charge in [0, 0.05) is 11.6 Å². The Kier molecular flexibility index (Phi) is 2.57. The van der Waals surface area contributed by atoms with Crippen LogP contribution in [0.5, 0.6) is 0 Å². The average Bonchev–Trinajstić information content (AvgIpc) is 2.82. The molecule has 0 aliphatic carbocycles. The summed E-state index contributed by atoms with van der Waals surface area (Å²) in [5.41, 5.74) is 14.3. The standard InChI is InChI=1S/C14H11N3O3/c15-9-5-11-12(6-10(9)16)20-13(17-11)7-1-3-8(4-2-7)14(18)19/h1-6H,15-16H2,(H,18,19). The highest BCUT2D eigenvalue weighted by molar-refractivity contribution is 5.89. The number of hydrogen-bond donors (Lipinski definition) is 3. The van der Waals surface area contributed by atoms with Gasteiger partial charge in [0.1, 0.15) is 5.52 Å². The maximum absolute atomic E-state index is 10.8. The molecule has 2 aromatic carbocycles. The minimum Gasteiger partial charge on any atom is -0.478 e. The second-order valence-corrected chi connectivity index (χ2v) is 4.35. The van der Waals surface area contributed by atoms with E-state index in [4.69, 9.17) is 21.0 Å². The van der Waals surface area contributed by atoms with E-state index in [-0.39, 0.29) is 5.56 Å². The van der Waals surface area contributed by atoms with E-state index < -0.39 is 5.97 Å². The van der Waals surface area contributed by atoms with Gasteiger partial charge in [-0.3, -0.25) is 0 Å². The molecule has 0 saturated carbocycles. The minimum absolute atomic E-state index is 0.207. The van der Waals surface area contributed by atoms with E-state index >= 15 is 0 Å². The summed E-state index contributed by atoms with van der Waals surface area (Å²) in [7, 11) is 0. The highest BCUT2D eigenvalue weighted by Gasteiger charge is 2.11. The molecule has 0 aliphatic rings. The lowest BCUT2D eigenvalue weighted by molar-refractivity contribution is 0.0697. The summed E-state index contributed by atoms with van der Waals surface area (Å²) in [4.78, 5) is 15.1. The number of carboxylic acids is 1. The second kappa shape index (κ2) is 4.27. The lowest BCUT2D eigenvalue weighted by Gasteiger charge is -1.96. The van der Waals surface area contributed by atoms with E-state index in [0.29, 0.717) is 33.9 Å². The minimum atomic E-state index is -0.977. The van der Waals surface area contributed by atoms with Crippen LogP contribution in [0.3, 0.4) is 0 Å². The smallest absolute Gasteiger partial charge is 0.335 e. The molecule has 0 spiro atoms. The van der Waals surface area contributed by atoms with Crippen molar-refractivity contribution in [2.75, 3.05) is 11.5 Å². The zero-order valence-corrected chi connectivity index (χ0v) is 10.3. The normalized spacial score (nSPS) is 10.8. The maximum Gasteiger partial charge on any atom is 0.335 e. The zero-order chi connectivity index (χ0) is 14.3. The highest BCUT2D eigenvalue weighted by atomic mass is 16.4. The number of nitrogen functional groups attached to an aromatic ring is 2. The van der Waals surface area contributed by atoms with Crippen molar-refractivity contribution in [1.29, 1.82) is 0 Å². The van der Waals surface area contributed by atoms with Crippen LogP contribution in [-0.2, 0) is 0 Å². The molecule has 0 unspecified atom stereocenters. The molecule has 3 aromatic rings. The molecule has 0 atom stereocenters. The first-order valence-electron chi connectivity index (χ1n) is 5.84. The molecular formula is C14H11N3O3. The zero-order valence-electron chi connectivity index (χ0n) is 10.3. The molecule has 0 aliphatic heterocycles. The van der Waals surface area contributed by atoms with Crippen molar-refractivity contribution in [3.63, 3.8) is 0 Å². The fraction of sp³-hybridized carbons (Fsp3) is 0. The number of benzene rings is 2. The summed E-state index contributed by atoms with van der Waals surface area (Å²) in [6, 6.07) is 9.53. The van der Waals surface area contributed by atoms with Crippen molar-refractivity contribution in [3.8, 4) is 11.5 Å². The van der Waals surface area contributed by atoms with Gasteiger partial charge in [-0.1, -0.05) is 0 Å². The number of rotatable bonds is 2. The molecule has 6 nitrogen and oxygen atoms in total. The SMILES string of the molecule is Nc1cc2nc(-c3ccc(C(=O)O)cc3)oc2cc1N. The third kappa shape index (κ3) is 1.93. The third-order valence-electron chi connectivity index (χ3n) is 2.97. The van der Waals surface area contributed by atoms with Crippen molar-refractivity contribution < 1.29 is 14.3 Å². The molecule has 3 rings (SSSR count). The Morgan fingerprint density at radius 1 is 1.10 bits per heavy atom. The van der Waals surface area contributed by atoms with Gasteiger partial charge >= 0.3 is 5.97 Å². The summed E-state index contributed by atoms with van der Waals surface area (Å²) in [6.07, 6.45) is 0. The Morgan fingerprint density at radius 2 is 1.75 bits per heavy atom. The summed E-state index contributed by atoms with van der Waals surface area (Å²) >= 11 is 0. The lowest BCUT2D eigenvalue weighted by atomic mass is 10.1. The second-order valence-electron chi connectivity index (χ2n) is 4.35. The first-order chi connectivity index (χ1) is 9.54. The van der Waals surface area contributed by atoms with Gasteiger partial charge in [0.25, 0.3) is 0 Å². The monoisotopic (exact) mass is 269 g/mol. The van der Waals surface area contributed by atoms with Crippen molar-refractivity contribution >= 4 is 28.4 Å². The summed E-state index contributed by atoms with van der Waals surface area (Å²) in [5.74, 6) is -0.586. The highest BCUT2D eigenvalue weighted by Crippen LogP contribution is 2.28. The van der Waals surface area contributed by atoms with Crippen LogP contribution in [0, 0.1) is 0 Å². The van der Waals surface area contributed by atoms with Crippen LogP contribution in [-0.4, -0.2) is 16.1 Å². The van der Waals surface area contributed by atoms with Crippen molar-refractivity contribution in [2.24, 2.45) is 0 Å². The predicted molar refractivity (Wildman–Crippen MR) is 75.2 cm³/mol. The molecule has 5 N–H and O–H groups in total. The Labute approximate surface area is 113 Å². The summed E-state index contributed by atoms with van der Waals surface area (Å²) in [6.45, 7) is 0. The average molecular weight is 269 g/mol. The van der Waals surface area contributed by atoms with Crippen LogP contribution < -0.4 is 11.5 Å². The van der Waals surface area contributed by atoms with Gasteiger partial charge in [-0.2, -0.15) is 0 Å². The van der Waals surface area contributed by atoms with Gasteiger partial charge in [0.2, 0.25) is 5.89 Å². The number of oxazole rings is 1.